The molecule has 0 unspecified atom stereocenters. The maximum atomic E-state index is 11.9. The number of rotatable bonds is 6. The van der Waals surface area contributed by atoms with Gasteiger partial charge in [-0.2, -0.15) is 0 Å². The van der Waals surface area contributed by atoms with Crippen molar-refractivity contribution in [2.24, 2.45) is 0 Å². The lowest BCUT2D eigenvalue weighted by molar-refractivity contribution is -0.116. The van der Waals surface area contributed by atoms with E-state index < -0.39 is 0 Å². The highest BCUT2D eigenvalue weighted by molar-refractivity contribution is 6.33. The summed E-state index contributed by atoms with van der Waals surface area (Å²) in [5, 5.41) is 3.60. The summed E-state index contributed by atoms with van der Waals surface area (Å²) in [4.78, 5) is 15.9. The molecule has 0 spiro atoms. The maximum absolute atomic E-state index is 11.9. The van der Waals surface area contributed by atoms with E-state index in [1.165, 1.54) is 5.56 Å². The van der Waals surface area contributed by atoms with Crippen LogP contribution in [0.2, 0.25) is 5.02 Å². The molecule has 0 fully saturated rings. The Kier molecular flexibility index (Phi) is 5.81. The van der Waals surface area contributed by atoms with E-state index in [4.69, 9.17) is 11.6 Å². The van der Waals surface area contributed by atoms with Crippen LogP contribution in [0.25, 0.3) is 11.1 Å². The molecule has 2 aromatic carbocycles. The highest BCUT2D eigenvalue weighted by Gasteiger charge is 2.05. The molecule has 0 atom stereocenters. The van der Waals surface area contributed by atoms with E-state index in [2.05, 4.69) is 34.6 Å². The summed E-state index contributed by atoms with van der Waals surface area (Å²) in [5.74, 6) is 0.0145. The van der Waals surface area contributed by atoms with Crippen LogP contribution in [0.15, 0.2) is 73.1 Å². The smallest absolute Gasteiger partial charge is 0.224 e. The van der Waals surface area contributed by atoms with Crippen molar-refractivity contribution in [2.75, 3.05) is 5.32 Å². The fourth-order valence-electron chi connectivity index (χ4n) is 2.66. The van der Waals surface area contributed by atoms with Crippen molar-refractivity contribution in [3.8, 4) is 11.1 Å². The van der Waals surface area contributed by atoms with E-state index in [1.54, 1.807) is 18.5 Å². The number of aromatic nitrogens is 1. The molecule has 0 bridgehead atoms. The number of amides is 1. The lowest BCUT2D eigenvalue weighted by Gasteiger charge is -2.07. The average molecular weight is 351 g/mol. The lowest BCUT2D eigenvalue weighted by Crippen LogP contribution is -2.11. The van der Waals surface area contributed by atoms with Crippen molar-refractivity contribution in [1.82, 2.24) is 4.98 Å². The van der Waals surface area contributed by atoms with Gasteiger partial charge in [-0.3, -0.25) is 9.78 Å². The van der Waals surface area contributed by atoms with Crippen LogP contribution < -0.4 is 5.32 Å². The molecule has 1 aromatic heterocycles. The highest BCUT2D eigenvalue weighted by Crippen LogP contribution is 2.27. The number of nitrogens with one attached hydrogen (secondary N) is 1. The van der Waals surface area contributed by atoms with Crippen LogP contribution in [-0.2, 0) is 11.2 Å². The van der Waals surface area contributed by atoms with Gasteiger partial charge in [0.05, 0.1) is 11.9 Å². The number of carbonyl (C=O) groups excluding carboxylic acids is 1. The molecule has 0 radical (unpaired) electrons. The Balaban J connectivity index is 1.51. The summed E-state index contributed by atoms with van der Waals surface area (Å²) >= 11 is 6.23. The molecule has 25 heavy (non-hydrogen) atoms. The van der Waals surface area contributed by atoms with Crippen molar-refractivity contribution >= 4 is 23.2 Å². The minimum atomic E-state index is 0.0145. The van der Waals surface area contributed by atoms with Crippen LogP contribution in [-0.4, -0.2) is 10.9 Å². The molecule has 126 valence electrons. The molecular formula is C21H19ClN2O. The molecule has 1 N–H and O–H groups in total. The van der Waals surface area contributed by atoms with Gasteiger partial charge in [-0.1, -0.05) is 54.1 Å². The quantitative estimate of drug-likeness (QED) is 0.650. The Morgan fingerprint density at radius 2 is 1.80 bits per heavy atom. The molecule has 4 heteroatoms. The zero-order valence-corrected chi connectivity index (χ0v) is 14.5. The molecule has 1 amide bonds. The summed E-state index contributed by atoms with van der Waals surface area (Å²) in [6.45, 7) is 0. The maximum Gasteiger partial charge on any atom is 0.224 e. The molecule has 3 aromatic rings. The van der Waals surface area contributed by atoms with E-state index >= 15 is 0 Å². The lowest BCUT2D eigenvalue weighted by atomic mass is 10.0. The first-order valence-corrected chi connectivity index (χ1v) is 8.64. The summed E-state index contributed by atoms with van der Waals surface area (Å²) in [6.07, 6.45) is 5.48. The normalized spacial score (nSPS) is 10.4. The number of benzene rings is 2. The summed E-state index contributed by atoms with van der Waals surface area (Å²) < 4.78 is 0. The van der Waals surface area contributed by atoms with E-state index in [0.29, 0.717) is 6.42 Å². The van der Waals surface area contributed by atoms with Gasteiger partial charge in [-0.25, -0.2) is 0 Å². The molecule has 3 rings (SSSR count). The average Bonchev–Trinajstić information content (AvgIpc) is 2.64. The Morgan fingerprint density at radius 1 is 1.00 bits per heavy atom. The van der Waals surface area contributed by atoms with Gasteiger partial charge in [0.2, 0.25) is 5.91 Å². The van der Waals surface area contributed by atoms with Crippen molar-refractivity contribution in [3.63, 3.8) is 0 Å². The van der Waals surface area contributed by atoms with Gasteiger partial charge in [0.1, 0.15) is 0 Å². The summed E-state index contributed by atoms with van der Waals surface area (Å²) in [5.41, 5.74) is 4.08. The van der Waals surface area contributed by atoms with Crippen LogP contribution in [0.4, 0.5) is 5.69 Å². The molecule has 3 nitrogen and oxygen atoms in total. The first kappa shape index (κ1) is 17.2. The Morgan fingerprint density at radius 3 is 2.52 bits per heavy atom. The zero-order valence-electron chi connectivity index (χ0n) is 13.8. The predicted octanol–water partition coefficient (Wildman–Crippen LogP) is 5.36. The van der Waals surface area contributed by atoms with E-state index in [-0.39, 0.29) is 5.91 Å². The number of pyridine rings is 1. The van der Waals surface area contributed by atoms with Gasteiger partial charge >= 0.3 is 0 Å². The van der Waals surface area contributed by atoms with Crippen molar-refractivity contribution in [3.05, 3.63) is 83.6 Å². The second-order valence-corrected chi connectivity index (χ2v) is 6.23. The molecule has 0 aliphatic heterocycles. The number of hydrogen-bond donors (Lipinski definition) is 1. The number of anilines is 1. The number of halogens is 1. The van der Waals surface area contributed by atoms with Gasteiger partial charge in [-0.05, 0) is 42.2 Å². The minimum Gasteiger partial charge on any atom is -0.325 e. The van der Waals surface area contributed by atoms with Crippen molar-refractivity contribution in [1.29, 1.82) is 0 Å². The van der Waals surface area contributed by atoms with Crippen LogP contribution in [0.3, 0.4) is 0 Å². The van der Waals surface area contributed by atoms with Gasteiger partial charge in [0.25, 0.3) is 0 Å². The third-order valence-electron chi connectivity index (χ3n) is 3.95. The van der Waals surface area contributed by atoms with E-state index in [0.717, 1.165) is 34.7 Å². The van der Waals surface area contributed by atoms with Crippen molar-refractivity contribution in [2.45, 2.75) is 19.3 Å². The topological polar surface area (TPSA) is 42.0 Å². The fraction of sp³-hybridized carbons (Fsp3) is 0.143. The molecule has 0 aliphatic rings. The Bertz CT molecular complexity index is 832. The SMILES string of the molecule is O=C(CCCc1ccc(-c2ccccc2Cl)cc1)Nc1cccnc1. The number of nitrogens with zero attached hydrogens (tertiary/aromatic N) is 1. The van der Waals surface area contributed by atoms with E-state index in [1.807, 2.05) is 30.3 Å². The highest BCUT2D eigenvalue weighted by atomic mass is 35.5. The summed E-state index contributed by atoms with van der Waals surface area (Å²) in [6, 6.07) is 19.8. The second kappa shape index (κ2) is 8.45. The van der Waals surface area contributed by atoms with Gasteiger partial charge in [0.15, 0.2) is 0 Å². The first-order valence-electron chi connectivity index (χ1n) is 8.26. The number of carbonyl (C=O) groups is 1. The monoisotopic (exact) mass is 350 g/mol. The van der Waals surface area contributed by atoms with Crippen LogP contribution in [0.5, 0.6) is 0 Å². The largest absolute Gasteiger partial charge is 0.325 e. The van der Waals surface area contributed by atoms with Crippen LogP contribution in [0, 0.1) is 0 Å². The molecule has 1 heterocycles. The molecule has 0 aliphatic carbocycles. The molecular weight excluding hydrogens is 332 g/mol. The van der Waals surface area contributed by atoms with Gasteiger partial charge < -0.3 is 5.32 Å². The van der Waals surface area contributed by atoms with Gasteiger partial charge in [0, 0.05) is 23.2 Å². The second-order valence-electron chi connectivity index (χ2n) is 5.82. The number of aryl methyl sites for hydroxylation is 1. The molecule has 0 saturated heterocycles. The van der Waals surface area contributed by atoms with Crippen LogP contribution >= 0.6 is 11.6 Å². The third-order valence-corrected chi connectivity index (χ3v) is 4.28. The predicted molar refractivity (Wildman–Crippen MR) is 103 cm³/mol. The van der Waals surface area contributed by atoms with Crippen LogP contribution in [0.1, 0.15) is 18.4 Å². The van der Waals surface area contributed by atoms with Crippen molar-refractivity contribution < 1.29 is 4.79 Å². The van der Waals surface area contributed by atoms with E-state index in [9.17, 15) is 4.79 Å². The fourth-order valence-corrected chi connectivity index (χ4v) is 2.90. The standard InChI is InChI=1S/C21H19ClN2O/c22-20-8-2-1-7-19(20)17-12-10-16(11-13-17)5-3-9-21(25)24-18-6-4-14-23-15-18/h1-2,4,6-8,10-15H,3,5,9H2,(H,24,25). The third kappa shape index (κ3) is 4.91. The number of hydrogen-bond acceptors (Lipinski definition) is 2. The summed E-state index contributed by atoms with van der Waals surface area (Å²) in [7, 11) is 0. The van der Waals surface area contributed by atoms with Gasteiger partial charge in [-0.15, -0.1) is 0 Å². The molecule has 0 saturated carbocycles. The minimum absolute atomic E-state index is 0.0145. The first-order chi connectivity index (χ1) is 12.2. The Hall–Kier alpha value is -2.65. The zero-order chi connectivity index (χ0) is 17.5. The Labute approximate surface area is 152 Å².